The van der Waals surface area contributed by atoms with Crippen LogP contribution in [0.4, 0.5) is 4.39 Å². The molecule has 1 aromatic heterocycles. The summed E-state index contributed by atoms with van der Waals surface area (Å²) in [6.07, 6.45) is 2.11. The first kappa shape index (κ1) is 16.9. The molecule has 0 fully saturated rings. The summed E-state index contributed by atoms with van der Waals surface area (Å²) in [6.45, 7) is 2.01. The Kier molecular flexibility index (Phi) is 4.93. The van der Waals surface area contributed by atoms with Crippen LogP contribution in [0.1, 0.15) is 35.7 Å². The second-order valence-corrected chi connectivity index (χ2v) is 5.69. The number of para-hydroxylation sites is 1. The second kappa shape index (κ2) is 7.30. The molecule has 0 aliphatic heterocycles. The summed E-state index contributed by atoms with van der Waals surface area (Å²) in [5.41, 5.74) is 0.403. The molecule has 0 radical (unpaired) electrons. The van der Waals surface area contributed by atoms with Crippen molar-refractivity contribution in [2.45, 2.75) is 26.2 Å². The minimum Gasteiger partial charge on any atom is -0.422 e. The van der Waals surface area contributed by atoms with Gasteiger partial charge >= 0.3 is 11.6 Å². The van der Waals surface area contributed by atoms with Gasteiger partial charge in [-0.05, 0) is 49.2 Å². The molecule has 3 aromatic rings. The Hall–Kier alpha value is -2.95. The van der Waals surface area contributed by atoms with Crippen LogP contribution in [0, 0.1) is 5.82 Å². The third-order valence-corrected chi connectivity index (χ3v) is 3.91. The van der Waals surface area contributed by atoms with Crippen molar-refractivity contribution in [3.8, 4) is 5.75 Å². The van der Waals surface area contributed by atoms with E-state index in [-0.39, 0.29) is 11.3 Å². The molecule has 128 valence electrons. The molecule has 3 rings (SSSR count). The van der Waals surface area contributed by atoms with E-state index in [0.717, 1.165) is 12.8 Å². The molecule has 0 aliphatic rings. The quantitative estimate of drug-likeness (QED) is 0.507. The van der Waals surface area contributed by atoms with E-state index >= 15 is 0 Å². The van der Waals surface area contributed by atoms with Gasteiger partial charge in [-0.15, -0.1) is 0 Å². The Balaban J connectivity index is 2.07. The van der Waals surface area contributed by atoms with Crippen LogP contribution in [0.3, 0.4) is 0 Å². The average Bonchev–Trinajstić information content (AvgIpc) is 2.61. The fourth-order valence-corrected chi connectivity index (χ4v) is 2.58. The van der Waals surface area contributed by atoms with E-state index in [0.29, 0.717) is 23.0 Å². The van der Waals surface area contributed by atoms with Gasteiger partial charge < -0.3 is 9.15 Å². The van der Waals surface area contributed by atoms with Crippen molar-refractivity contribution in [3.05, 3.63) is 75.9 Å². The van der Waals surface area contributed by atoms with Gasteiger partial charge in [0, 0.05) is 0 Å². The molecule has 4 nitrogen and oxygen atoms in total. The van der Waals surface area contributed by atoms with Crippen molar-refractivity contribution < 1.29 is 18.3 Å². The first-order valence-electron chi connectivity index (χ1n) is 8.12. The number of benzene rings is 2. The summed E-state index contributed by atoms with van der Waals surface area (Å²) in [6, 6.07) is 12.0. The number of unbranched alkanes of at least 4 members (excludes halogenated alkanes) is 1. The van der Waals surface area contributed by atoms with Crippen LogP contribution in [0.15, 0.2) is 57.7 Å². The van der Waals surface area contributed by atoms with Crippen molar-refractivity contribution in [3.63, 3.8) is 0 Å². The Labute approximate surface area is 143 Å². The molecule has 0 N–H and O–H groups in total. The maximum Gasteiger partial charge on any atom is 0.343 e. The topological polar surface area (TPSA) is 56.5 Å². The van der Waals surface area contributed by atoms with Gasteiger partial charge in [0.05, 0.1) is 16.5 Å². The lowest BCUT2D eigenvalue weighted by Crippen LogP contribution is -2.15. The molecule has 1 heterocycles. The van der Waals surface area contributed by atoms with Crippen molar-refractivity contribution >= 4 is 16.9 Å². The molecule has 0 amide bonds. The summed E-state index contributed by atoms with van der Waals surface area (Å²) in [5, 5.41) is 0.559. The minimum absolute atomic E-state index is 0.208. The minimum atomic E-state index is -0.645. The molecule has 5 heteroatoms. The number of esters is 1. The molecule has 0 aliphatic carbocycles. The number of carbonyl (C=O) groups is 1. The number of fused-ring (bicyclic) bond motifs is 1. The number of rotatable bonds is 5. The SMILES string of the molecule is CCCCc1c(OC(=O)c2ccc(F)cc2)c2ccccc2oc1=O. The van der Waals surface area contributed by atoms with Gasteiger partial charge in [-0.25, -0.2) is 14.0 Å². The second-order valence-electron chi connectivity index (χ2n) is 5.69. The monoisotopic (exact) mass is 340 g/mol. The Morgan fingerprint density at radius 3 is 2.56 bits per heavy atom. The number of halogens is 1. The summed E-state index contributed by atoms with van der Waals surface area (Å²) in [5.74, 6) is -0.867. The van der Waals surface area contributed by atoms with Crippen LogP contribution >= 0.6 is 0 Å². The van der Waals surface area contributed by atoms with Crippen molar-refractivity contribution in [1.82, 2.24) is 0 Å². The average molecular weight is 340 g/mol. The summed E-state index contributed by atoms with van der Waals surface area (Å²) in [7, 11) is 0. The van der Waals surface area contributed by atoms with Gasteiger partial charge in [-0.1, -0.05) is 25.5 Å². The van der Waals surface area contributed by atoms with E-state index in [1.165, 1.54) is 24.3 Å². The number of carbonyl (C=O) groups excluding carboxylic acids is 1. The molecular weight excluding hydrogens is 323 g/mol. The van der Waals surface area contributed by atoms with E-state index in [4.69, 9.17) is 9.15 Å². The predicted octanol–water partition coefficient (Wildman–Crippen LogP) is 4.49. The third kappa shape index (κ3) is 3.60. The van der Waals surface area contributed by atoms with Crippen LogP contribution in [0.25, 0.3) is 11.0 Å². The largest absolute Gasteiger partial charge is 0.422 e. The van der Waals surface area contributed by atoms with Gasteiger partial charge in [0.25, 0.3) is 0 Å². The standard InChI is InChI=1S/C20H17FO4/c1-2-3-6-16-18(15-7-4-5-8-17(15)24-20(16)23)25-19(22)13-9-11-14(21)12-10-13/h4-5,7-12H,2-3,6H2,1H3. The molecule has 2 aromatic carbocycles. The summed E-state index contributed by atoms with van der Waals surface area (Å²) in [4.78, 5) is 24.7. The molecule has 0 saturated carbocycles. The highest BCUT2D eigenvalue weighted by Gasteiger charge is 2.19. The molecule has 0 atom stereocenters. The fourth-order valence-electron chi connectivity index (χ4n) is 2.58. The lowest BCUT2D eigenvalue weighted by Gasteiger charge is -2.11. The highest BCUT2D eigenvalue weighted by Crippen LogP contribution is 2.29. The van der Waals surface area contributed by atoms with Gasteiger partial charge in [0.1, 0.15) is 11.4 Å². The predicted molar refractivity (Wildman–Crippen MR) is 92.5 cm³/mol. The molecule has 0 spiro atoms. The fraction of sp³-hybridized carbons (Fsp3) is 0.200. The Morgan fingerprint density at radius 2 is 1.84 bits per heavy atom. The van der Waals surface area contributed by atoms with Crippen LogP contribution in [0.5, 0.6) is 5.75 Å². The van der Waals surface area contributed by atoms with Crippen LogP contribution < -0.4 is 10.4 Å². The first-order chi connectivity index (χ1) is 12.1. The zero-order valence-corrected chi connectivity index (χ0v) is 13.8. The zero-order chi connectivity index (χ0) is 17.8. The lowest BCUT2D eigenvalue weighted by molar-refractivity contribution is 0.0734. The molecular formula is C20H17FO4. The highest BCUT2D eigenvalue weighted by atomic mass is 19.1. The van der Waals surface area contributed by atoms with E-state index in [1.54, 1.807) is 24.3 Å². The normalized spacial score (nSPS) is 10.8. The molecule has 0 saturated heterocycles. The molecule has 0 bridgehead atoms. The number of hydrogen-bond acceptors (Lipinski definition) is 4. The van der Waals surface area contributed by atoms with Crippen molar-refractivity contribution in [2.75, 3.05) is 0 Å². The molecule has 25 heavy (non-hydrogen) atoms. The zero-order valence-electron chi connectivity index (χ0n) is 13.8. The van der Waals surface area contributed by atoms with Crippen LogP contribution in [-0.2, 0) is 6.42 Å². The summed E-state index contributed by atoms with van der Waals surface area (Å²) >= 11 is 0. The van der Waals surface area contributed by atoms with E-state index < -0.39 is 17.4 Å². The number of hydrogen-bond donors (Lipinski definition) is 0. The Morgan fingerprint density at radius 1 is 1.12 bits per heavy atom. The maximum atomic E-state index is 13.0. The smallest absolute Gasteiger partial charge is 0.343 e. The van der Waals surface area contributed by atoms with Crippen LogP contribution in [0.2, 0.25) is 0 Å². The maximum absolute atomic E-state index is 13.0. The summed E-state index contributed by atoms with van der Waals surface area (Å²) < 4.78 is 23.9. The van der Waals surface area contributed by atoms with Gasteiger partial charge in [0.15, 0.2) is 5.75 Å². The highest BCUT2D eigenvalue weighted by molar-refractivity contribution is 5.94. The van der Waals surface area contributed by atoms with Gasteiger partial charge in [-0.3, -0.25) is 0 Å². The first-order valence-corrected chi connectivity index (χ1v) is 8.12. The van der Waals surface area contributed by atoms with Crippen molar-refractivity contribution in [1.29, 1.82) is 0 Å². The Bertz CT molecular complexity index is 958. The lowest BCUT2D eigenvalue weighted by atomic mass is 10.1. The number of ether oxygens (including phenoxy) is 1. The van der Waals surface area contributed by atoms with Crippen molar-refractivity contribution in [2.24, 2.45) is 0 Å². The van der Waals surface area contributed by atoms with Crippen LogP contribution in [-0.4, -0.2) is 5.97 Å². The van der Waals surface area contributed by atoms with E-state index in [9.17, 15) is 14.0 Å². The molecule has 0 unspecified atom stereocenters. The van der Waals surface area contributed by atoms with Gasteiger partial charge in [0.2, 0.25) is 0 Å². The van der Waals surface area contributed by atoms with Gasteiger partial charge in [-0.2, -0.15) is 0 Å². The van der Waals surface area contributed by atoms with E-state index in [1.807, 2.05) is 6.92 Å². The third-order valence-electron chi connectivity index (χ3n) is 3.91. The van der Waals surface area contributed by atoms with E-state index in [2.05, 4.69) is 0 Å².